The van der Waals surface area contributed by atoms with E-state index in [2.05, 4.69) is 10.5 Å². The zero-order valence-electron chi connectivity index (χ0n) is 8.41. The summed E-state index contributed by atoms with van der Waals surface area (Å²) >= 11 is 0. The quantitative estimate of drug-likeness (QED) is 0.196. The first-order chi connectivity index (χ1) is 6.83. The van der Waals surface area contributed by atoms with E-state index >= 15 is 0 Å². The predicted molar refractivity (Wildman–Crippen MR) is 54.5 cm³/mol. The van der Waals surface area contributed by atoms with E-state index in [-0.39, 0.29) is 5.84 Å². The highest BCUT2D eigenvalue weighted by molar-refractivity contribution is 5.79. The molecule has 0 amide bonds. The normalized spacial score (nSPS) is 23.7. The molecule has 1 saturated heterocycles. The fourth-order valence-corrected chi connectivity index (χ4v) is 1.50. The Balaban J connectivity index is 1.97. The van der Waals surface area contributed by atoms with Gasteiger partial charge in [-0.1, -0.05) is 5.16 Å². The van der Waals surface area contributed by atoms with Gasteiger partial charge in [0, 0.05) is 26.1 Å². The molecule has 1 atom stereocenters. The van der Waals surface area contributed by atoms with Gasteiger partial charge in [0.25, 0.3) is 0 Å². The van der Waals surface area contributed by atoms with Gasteiger partial charge in [-0.25, -0.2) is 0 Å². The van der Waals surface area contributed by atoms with Crippen molar-refractivity contribution in [1.82, 2.24) is 5.32 Å². The topological polar surface area (TPSA) is 79.9 Å². The molecule has 5 nitrogen and oxygen atoms in total. The Hall–Kier alpha value is -0.810. The number of hydrogen-bond acceptors (Lipinski definition) is 4. The number of nitrogens with one attached hydrogen (secondary N) is 1. The van der Waals surface area contributed by atoms with Crippen molar-refractivity contribution in [3.63, 3.8) is 0 Å². The third-order valence-corrected chi connectivity index (χ3v) is 2.33. The fraction of sp³-hybridized carbons (Fsp3) is 0.889. The van der Waals surface area contributed by atoms with Gasteiger partial charge in [0.15, 0.2) is 0 Å². The molecule has 1 rings (SSSR count). The van der Waals surface area contributed by atoms with Gasteiger partial charge in [0.05, 0.1) is 6.10 Å². The molecule has 1 aliphatic heterocycles. The SMILES string of the molecule is NC(CCNCC1CCCCO1)=NO. The standard InChI is InChI=1S/C9H19N3O2/c10-9(12-13)4-5-11-7-8-3-1-2-6-14-8/h8,11,13H,1-7H2,(H2,10,12). The number of nitrogens with zero attached hydrogens (tertiary/aromatic N) is 1. The zero-order valence-corrected chi connectivity index (χ0v) is 8.41. The van der Waals surface area contributed by atoms with Crippen LogP contribution in [0, 0.1) is 0 Å². The first-order valence-electron chi connectivity index (χ1n) is 5.11. The number of ether oxygens (including phenoxy) is 1. The van der Waals surface area contributed by atoms with Gasteiger partial charge in [0.1, 0.15) is 5.84 Å². The highest BCUT2D eigenvalue weighted by Gasteiger charge is 2.12. The number of rotatable bonds is 5. The summed E-state index contributed by atoms with van der Waals surface area (Å²) in [5.74, 6) is 0.266. The molecule has 1 unspecified atom stereocenters. The van der Waals surface area contributed by atoms with Crippen molar-refractivity contribution in [1.29, 1.82) is 0 Å². The smallest absolute Gasteiger partial charge is 0.140 e. The Labute approximate surface area is 84.3 Å². The summed E-state index contributed by atoms with van der Waals surface area (Å²) in [6, 6.07) is 0. The Morgan fingerprint density at radius 3 is 3.07 bits per heavy atom. The van der Waals surface area contributed by atoms with Crippen molar-refractivity contribution >= 4 is 5.84 Å². The van der Waals surface area contributed by atoms with Crippen LogP contribution < -0.4 is 11.1 Å². The average Bonchev–Trinajstić information content (AvgIpc) is 2.25. The molecule has 0 aromatic heterocycles. The molecular formula is C9H19N3O2. The van der Waals surface area contributed by atoms with Crippen LogP contribution in [0.3, 0.4) is 0 Å². The molecule has 1 fully saturated rings. The predicted octanol–water partition coefficient (Wildman–Crippen LogP) is 0.282. The summed E-state index contributed by atoms with van der Waals surface area (Å²) in [4.78, 5) is 0. The van der Waals surface area contributed by atoms with Gasteiger partial charge in [-0.3, -0.25) is 0 Å². The van der Waals surface area contributed by atoms with Crippen LogP contribution in [0.2, 0.25) is 0 Å². The highest BCUT2D eigenvalue weighted by Crippen LogP contribution is 2.11. The molecule has 82 valence electrons. The lowest BCUT2D eigenvalue weighted by atomic mass is 10.1. The summed E-state index contributed by atoms with van der Waals surface area (Å²) in [5, 5.41) is 14.4. The van der Waals surface area contributed by atoms with Crippen molar-refractivity contribution in [2.24, 2.45) is 10.9 Å². The summed E-state index contributed by atoms with van der Waals surface area (Å²) < 4.78 is 5.54. The lowest BCUT2D eigenvalue weighted by Crippen LogP contribution is -2.33. The minimum Gasteiger partial charge on any atom is -0.409 e. The molecule has 0 aromatic rings. The van der Waals surface area contributed by atoms with Crippen molar-refractivity contribution in [3.8, 4) is 0 Å². The summed E-state index contributed by atoms with van der Waals surface area (Å²) in [7, 11) is 0. The van der Waals surface area contributed by atoms with E-state index < -0.39 is 0 Å². The first kappa shape index (κ1) is 11.3. The van der Waals surface area contributed by atoms with Gasteiger partial charge in [-0.15, -0.1) is 0 Å². The van der Waals surface area contributed by atoms with Crippen molar-refractivity contribution in [2.45, 2.75) is 31.8 Å². The van der Waals surface area contributed by atoms with Crippen molar-refractivity contribution < 1.29 is 9.94 Å². The first-order valence-corrected chi connectivity index (χ1v) is 5.11. The van der Waals surface area contributed by atoms with Crippen molar-refractivity contribution in [2.75, 3.05) is 19.7 Å². The summed E-state index contributed by atoms with van der Waals surface area (Å²) in [6.45, 7) is 2.47. The third kappa shape index (κ3) is 4.43. The molecule has 0 spiro atoms. The molecule has 0 aliphatic carbocycles. The Bertz CT molecular complexity index is 179. The van der Waals surface area contributed by atoms with E-state index in [0.717, 1.165) is 26.1 Å². The maximum Gasteiger partial charge on any atom is 0.140 e. The molecule has 4 N–H and O–H groups in total. The van der Waals surface area contributed by atoms with Crippen LogP contribution >= 0.6 is 0 Å². The van der Waals surface area contributed by atoms with E-state index in [0.29, 0.717) is 12.5 Å². The van der Waals surface area contributed by atoms with Crippen LogP contribution in [-0.2, 0) is 4.74 Å². The van der Waals surface area contributed by atoms with Crippen LogP contribution in [0.4, 0.5) is 0 Å². The maximum absolute atomic E-state index is 8.29. The fourth-order valence-electron chi connectivity index (χ4n) is 1.50. The molecule has 5 heteroatoms. The largest absolute Gasteiger partial charge is 0.409 e. The van der Waals surface area contributed by atoms with Crippen LogP contribution in [0.5, 0.6) is 0 Å². The van der Waals surface area contributed by atoms with Crippen molar-refractivity contribution in [3.05, 3.63) is 0 Å². The minimum atomic E-state index is 0.266. The van der Waals surface area contributed by atoms with E-state index in [1.165, 1.54) is 12.8 Å². The van der Waals surface area contributed by atoms with Crippen LogP contribution in [0.1, 0.15) is 25.7 Å². The van der Waals surface area contributed by atoms with Gasteiger partial charge >= 0.3 is 0 Å². The van der Waals surface area contributed by atoms with Crippen LogP contribution in [0.15, 0.2) is 5.16 Å². The zero-order chi connectivity index (χ0) is 10.2. The van der Waals surface area contributed by atoms with Gasteiger partial charge < -0.3 is 21.0 Å². The number of nitrogens with two attached hydrogens (primary N) is 1. The highest BCUT2D eigenvalue weighted by atomic mass is 16.5. The molecule has 0 bridgehead atoms. The second-order valence-corrected chi connectivity index (χ2v) is 3.53. The molecule has 0 saturated carbocycles. The summed E-state index contributed by atoms with van der Waals surface area (Å²) in [5.41, 5.74) is 5.32. The molecule has 1 heterocycles. The Morgan fingerprint density at radius 2 is 2.43 bits per heavy atom. The molecule has 0 radical (unpaired) electrons. The van der Waals surface area contributed by atoms with Crippen LogP contribution in [-0.4, -0.2) is 36.8 Å². The monoisotopic (exact) mass is 201 g/mol. The van der Waals surface area contributed by atoms with Gasteiger partial charge in [-0.05, 0) is 19.3 Å². The molecule has 0 aromatic carbocycles. The lowest BCUT2D eigenvalue weighted by Gasteiger charge is -2.22. The average molecular weight is 201 g/mol. The van der Waals surface area contributed by atoms with E-state index in [9.17, 15) is 0 Å². The molecule has 1 aliphatic rings. The molecule has 14 heavy (non-hydrogen) atoms. The number of hydrogen-bond donors (Lipinski definition) is 3. The third-order valence-electron chi connectivity index (χ3n) is 2.33. The minimum absolute atomic E-state index is 0.266. The number of amidine groups is 1. The van der Waals surface area contributed by atoms with Gasteiger partial charge in [0.2, 0.25) is 0 Å². The summed E-state index contributed by atoms with van der Waals surface area (Å²) in [6.07, 6.45) is 4.49. The second kappa shape index (κ2) is 6.62. The van der Waals surface area contributed by atoms with E-state index in [4.69, 9.17) is 15.7 Å². The molecular weight excluding hydrogens is 182 g/mol. The maximum atomic E-state index is 8.29. The van der Waals surface area contributed by atoms with Gasteiger partial charge in [-0.2, -0.15) is 0 Å². The number of oxime groups is 1. The second-order valence-electron chi connectivity index (χ2n) is 3.53. The van der Waals surface area contributed by atoms with E-state index in [1.807, 2.05) is 0 Å². The van der Waals surface area contributed by atoms with Crippen LogP contribution in [0.25, 0.3) is 0 Å². The van der Waals surface area contributed by atoms with E-state index in [1.54, 1.807) is 0 Å². The Morgan fingerprint density at radius 1 is 1.57 bits per heavy atom. The lowest BCUT2D eigenvalue weighted by molar-refractivity contribution is 0.0172. The Kier molecular flexibility index (Phi) is 5.32.